The van der Waals surface area contributed by atoms with Crippen LogP contribution in [0.2, 0.25) is 0 Å². The molecule has 1 atom stereocenters. The highest BCUT2D eigenvalue weighted by molar-refractivity contribution is 4.71. The van der Waals surface area contributed by atoms with Crippen molar-refractivity contribution in [2.75, 3.05) is 39.5 Å². The smallest absolute Gasteiger partial charge is 0.0593 e. The molecule has 0 aromatic heterocycles. The van der Waals surface area contributed by atoms with Gasteiger partial charge in [0.2, 0.25) is 0 Å². The van der Waals surface area contributed by atoms with Crippen molar-refractivity contribution in [2.45, 2.75) is 19.8 Å². The third-order valence-corrected chi connectivity index (χ3v) is 2.62. The summed E-state index contributed by atoms with van der Waals surface area (Å²) in [6.45, 7) is 7.22. The fourth-order valence-corrected chi connectivity index (χ4v) is 1.84. The average molecular weight is 187 g/mol. The SMILES string of the molecule is CCOCCN1CCC[C@@H](CO)C1. The van der Waals surface area contributed by atoms with Crippen molar-refractivity contribution in [1.82, 2.24) is 4.90 Å². The summed E-state index contributed by atoms with van der Waals surface area (Å²) in [6, 6.07) is 0. The summed E-state index contributed by atoms with van der Waals surface area (Å²) in [5.41, 5.74) is 0. The quantitative estimate of drug-likeness (QED) is 0.644. The number of piperidine rings is 1. The second-order valence-corrected chi connectivity index (χ2v) is 3.69. The van der Waals surface area contributed by atoms with E-state index in [9.17, 15) is 0 Å². The summed E-state index contributed by atoms with van der Waals surface area (Å²) in [4.78, 5) is 2.39. The minimum absolute atomic E-state index is 0.338. The first-order valence-electron chi connectivity index (χ1n) is 5.27. The molecule has 1 heterocycles. The normalized spacial score (nSPS) is 24.9. The third-order valence-electron chi connectivity index (χ3n) is 2.62. The molecule has 78 valence electrons. The largest absolute Gasteiger partial charge is 0.396 e. The van der Waals surface area contributed by atoms with Crippen molar-refractivity contribution in [1.29, 1.82) is 0 Å². The molecule has 1 saturated heterocycles. The van der Waals surface area contributed by atoms with Crippen LogP contribution in [0.5, 0.6) is 0 Å². The minimum atomic E-state index is 0.338. The topological polar surface area (TPSA) is 32.7 Å². The maximum Gasteiger partial charge on any atom is 0.0593 e. The van der Waals surface area contributed by atoms with Gasteiger partial charge in [0.1, 0.15) is 0 Å². The molecular formula is C10H21NO2. The van der Waals surface area contributed by atoms with Crippen LogP contribution in [0, 0.1) is 5.92 Å². The van der Waals surface area contributed by atoms with E-state index in [4.69, 9.17) is 9.84 Å². The number of aliphatic hydroxyl groups is 1. The highest BCUT2D eigenvalue weighted by atomic mass is 16.5. The van der Waals surface area contributed by atoms with Crippen molar-refractivity contribution in [3.63, 3.8) is 0 Å². The van der Waals surface area contributed by atoms with Gasteiger partial charge in [0.15, 0.2) is 0 Å². The molecule has 1 aliphatic heterocycles. The second kappa shape index (κ2) is 6.35. The van der Waals surface area contributed by atoms with E-state index in [1.54, 1.807) is 0 Å². The molecule has 0 spiro atoms. The molecule has 1 rings (SSSR count). The van der Waals surface area contributed by atoms with Gasteiger partial charge in [-0.2, -0.15) is 0 Å². The van der Waals surface area contributed by atoms with Crippen LogP contribution in [0.1, 0.15) is 19.8 Å². The number of likely N-dealkylation sites (tertiary alicyclic amines) is 1. The van der Waals surface area contributed by atoms with Gasteiger partial charge in [-0.15, -0.1) is 0 Å². The van der Waals surface area contributed by atoms with Crippen LogP contribution >= 0.6 is 0 Å². The predicted octanol–water partition coefficient (Wildman–Crippen LogP) is 0.727. The first-order chi connectivity index (χ1) is 6.36. The van der Waals surface area contributed by atoms with E-state index in [1.807, 2.05) is 6.92 Å². The van der Waals surface area contributed by atoms with Crippen LogP contribution < -0.4 is 0 Å². The lowest BCUT2D eigenvalue weighted by molar-refractivity contribution is 0.0764. The maximum atomic E-state index is 9.02. The van der Waals surface area contributed by atoms with Crippen LogP contribution in [0.4, 0.5) is 0 Å². The Labute approximate surface area is 80.7 Å². The Bertz CT molecular complexity index is 130. The fraction of sp³-hybridized carbons (Fsp3) is 1.00. The van der Waals surface area contributed by atoms with Crippen LogP contribution in [0.15, 0.2) is 0 Å². The first-order valence-corrected chi connectivity index (χ1v) is 5.27. The molecule has 0 radical (unpaired) electrons. The number of hydrogen-bond donors (Lipinski definition) is 1. The number of aliphatic hydroxyl groups excluding tert-OH is 1. The molecule has 1 fully saturated rings. The van der Waals surface area contributed by atoms with Crippen molar-refractivity contribution in [3.8, 4) is 0 Å². The van der Waals surface area contributed by atoms with Gasteiger partial charge in [0.25, 0.3) is 0 Å². The number of ether oxygens (including phenoxy) is 1. The van der Waals surface area contributed by atoms with Gasteiger partial charge in [-0.1, -0.05) is 0 Å². The number of nitrogens with zero attached hydrogens (tertiary/aromatic N) is 1. The Hall–Kier alpha value is -0.120. The minimum Gasteiger partial charge on any atom is -0.396 e. The van der Waals surface area contributed by atoms with Crippen LogP contribution in [0.25, 0.3) is 0 Å². The summed E-state index contributed by atoms with van der Waals surface area (Å²) in [5, 5.41) is 9.02. The van der Waals surface area contributed by atoms with Gasteiger partial charge in [0, 0.05) is 26.3 Å². The molecule has 3 heteroatoms. The zero-order chi connectivity index (χ0) is 9.52. The lowest BCUT2D eigenvalue weighted by atomic mass is 9.99. The van der Waals surface area contributed by atoms with E-state index in [1.165, 1.54) is 19.4 Å². The Kier molecular flexibility index (Phi) is 5.35. The molecule has 0 saturated carbocycles. The zero-order valence-electron chi connectivity index (χ0n) is 8.54. The zero-order valence-corrected chi connectivity index (χ0v) is 8.54. The molecular weight excluding hydrogens is 166 g/mol. The van der Waals surface area contributed by atoms with E-state index >= 15 is 0 Å². The van der Waals surface area contributed by atoms with Gasteiger partial charge < -0.3 is 14.7 Å². The van der Waals surface area contributed by atoms with E-state index in [-0.39, 0.29) is 0 Å². The molecule has 0 amide bonds. The molecule has 3 nitrogen and oxygen atoms in total. The van der Waals surface area contributed by atoms with Gasteiger partial charge in [-0.3, -0.25) is 0 Å². The first kappa shape index (κ1) is 11.0. The van der Waals surface area contributed by atoms with Crippen molar-refractivity contribution in [3.05, 3.63) is 0 Å². The standard InChI is InChI=1S/C10H21NO2/c1-2-13-7-6-11-5-3-4-10(8-11)9-12/h10,12H,2-9H2,1H3/t10-/m1/s1. The second-order valence-electron chi connectivity index (χ2n) is 3.69. The summed E-state index contributed by atoms with van der Waals surface area (Å²) in [5.74, 6) is 0.496. The molecule has 1 aliphatic rings. The molecule has 0 aliphatic carbocycles. The molecule has 13 heavy (non-hydrogen) atoms. The molecule has 0 aromatic rings. The summed E-state index contributed by atoms with van der Waals surface area (Å²) in [7, 11) is 0. The lowest BCUT2D eigenvalue weighted by Gasteiger charge is -2.31. The maximum absolute atomic E-state index is 9.02. The predicted molar refractivity (Wildman–Crippen MR) is 52.7 cm³/mol. The van der Waals surface area contributed by atoms with E-state index in [2.05, 4.69) is 4.90 Å². The Morgan fingerprint density at radius 3 is 3.08 bits per heavy atom. The van der Waals surface area contributed by atoms with Crippen LogP contribution in [0.3, 0.4) is 0 Å². The summed E-state index contributed by atoms with van der Waals surface area (Å²) >= 11 is 0. The lowest BCUT2D eigenvalue weighted by Crippen LogP contribution is -2.38. The Morgan fingerprint density at radius 2 is 2.38 bits per heavy atom. The highest BCUT2D eigenvalue weighted by Gasteiger charge is 2.18. The fourth-order valence-electron chi connectivity index (χ4n) is 1.84. The van der Waals surface area contributed by atoms with E-state index < -0.39 is 0 Å². The number of rotatable bonds is 5. The van der Waals surface area contributed by atoms with Gasteiger partial charge in [0.05, 0.1) is 6.61 Å². The van der Waals surface area contributed by atoms with Gasteiger partial charge in [-0.25, -0.2) is 0 Å². The molecule has 0 aromatic carbocycles. The average Bonchev–Trinajstić information content (AvgIpc) is 2.19. The van der Waals surface area contributed by atoms with E-state index in [0.29, 0.717) is 12.5 Å². The van der Waals surface area contributed by atoms with Crippen LogP contribution in [-0.4, -0.2) is 49.5 Å². The molecule has 1 N–H and O–H groups in total. The van der Waals surface area contributed by atoms with E-state index in [0.717, 1.165) is 26.3 Å². The van der Waals surface area contributed by atoms with Crippen molar-refractivity contribution < 1.29 is 9.84 Å². The van der Waals surface area contributed by atoms with Crippen LogP contribution in [-0.2, 0) is 4.74 Å². The van der Waals surface area contributed by atoms with Crippen molar-refractivity contribution in [2.24, 2.45) is 5.92 Å². The summed E-state index contributed by atoms with van der Waals surface area (Å²) < 4.78 is 5.30. The number of hydrogen-bond acceptors (Lipinski definition) is 3. The van der Waals surface area contributed by atoms with Gasteiger partial charge >= 0.3 is 0 Å². The molecule has 0 bridgehead atoms. The molecule has 0 unspecified atom stereocenters. The Balaban J connectivity index is 2.11. The van der Waals surface area contributed by atoms with Crippen molar-refractivity contribution >= 4 is 0 Å². The monoisotopic (exact) mass is 187 g/mol. The van der Waals surface area contributed by atoms with Gasteiger partial charge in [-0.05, 0) is 32.2 Å². The highest BCUT2D eigenvalue weighted by Crippen LogP contribution is 2.14. The Morgan fingerprint density at radius 1 is 1.54 bits per heavy atom. The summed E-state index contributed by atoms with van der Waals surface area (Å²) in [6.07, 6.45) is 2.40. The third kappa shape index (κ3) is 4.07.